The number of halogens is 1. The number of rotatable bonds is 4. The first-order valence-electron chi connectivity index (χ1n) is 6.04. The predicted octanol–water partition coefficient (Wildman–Crippen LogP) is 3.58. The summed E-state index contributed by atoms with van der Waals surface area (Å²) in [4.78, 5) is 11.1. The van der Waals surface area contributed by atoms with Crippen LogP contribution < -0.4 is 10.1 Å². The second-order valence-electron chi connectivity index (χ2n) is 4.20. The third kappa shape index (κ3) is 3.50. The Bertz CT molecular complexity index is 628. The molecule has 2 aromatic carbocycles. The summed E-state index contributed by atoms with van der Waals surface area (Å²) >= 11 is 6.09. The normalized spacial score (nSPS) is 10.2. The third-order valence-corrected chi connectivity index (χ3v) is 2.89. The van der Waals surface area contributed by atoms with E-state index < -0.39 is 0 Å². The van der Waals surface area contributed by atoms with Crippen molar-refractivity contribution in [2.24, 2.45) is 0 Å². The molecule has 0 unspecified atom stereocenters. The van der Waals surface area contributed by atoms with E-state index in [-0.39, 0.29) is 12.5 Å². The minimum atomic E-state index is -0.178. The van der Waals surface area contributed by atoms with Crippen LogP contribution in [0.4, 0.5) is 5.69 Å². The molecule has 0 atom stereocenters. The van der Waals surface area contributed by atoms with Gasteiger partial charge in [-0.05, 0) is 29.8 Å². The summed E-state index contributed by atoms with van der Waals surface area (Å²) in [6.07, 6.45) is 0. The van der Waals surface area contributed by atoms with Crippen molar-refractivity contribution in [3.63, 3.8) is 0 Å². The Morgan fingerprint density at radius 2 is 2.00 bits per heavy atom. The van der Waals surface area contributed by atoms with E-state index in [1.807, 2.05) is 0 Å². The molecule has 2 rings (SSSR count). The average Bonchev–Trinajstić information content (AvgIpc) is 2.42. The van der Waals surface area contributed by atoms with E-state index in [9.17, 15) is 4.79 Å². The molecule has 0 fully saturated rings. The molecule has 2 aromatic rings. The molecule has 0 aliphatic rings. The van der Waals surface area contributed by atoms with Crippen molar-refractivity contribution < 1.29 is 14.6 Å². The molecule has 0 aliphatic carbocycles. The van der Waals surface area contributed by atoms with Gasteiger partial charge < -0.3 is 15.2 Å². The van der Waals surface area contributed by atoms with Crippen LogP contribution in [0, 0.1) is 0 Å². The Labute approximate surface area is 122 Å². The number of anilines is 1. The van der Waals surface area contributed by atoms with Crippen LogP contribution in [0.15, 0.2) is 42.5 Å². The van der Waals surface area contributed by atoms with Crippen LogP contribution in [0.25, 0.3) is 0 Å². The van der Waals surface area contributed by atoms with E-state index in [0.29, 0.717) is 27.8 Å². The molecule has 104 valence electrons. The Hall–Kier alpha value is -2.04. The van der Waals surface area contributed by atoms with E-state index >= 15 is 0 Å². The van der Waals surface area contributed by atoms with Gasteiger partial charge in [-0.25, -0.2) is 0 Å². The monoisotopic (exact) mass is 291 g/mol. The molecule has 2 N–H and O–H groups in total. The topological polar surface area (TPSA) is 58.6 Å². The van der Waals surface area contributed by atoms with Gasteiger partial charge in [-0.3, -0.25) is 4.79 Å². The smallest absolute Gasteiger partial charge is 0.221 e. The minimum Gasteiger partial charge on any atom is -0.454 e. The maximum atomic E-state index is 11.1. The van der Waals surface area contributed by atoms with Gasteiger partial charge in [0.05, 0.1) is 17.3 Å². The molecule has 0 spiro atoms. The van der Waals surface area contributed by atoms with Crippen molar-refractivity contribution in [3.05, 3.63) is 53.1 Å². The maximum Gasteiger partial charge on any atom is 0.221 e. The molecule has 0 aliphatic heterocycles. The van der Waals surface area contributed by atoms with Gasteiger partial charge in [-0.2, -0.15) is 0 Å². The summed E-state index contributed by atoms with van der Waals surface area (Å²) in [5, 5.41) is 12.1. The van der Waals surface area contributed by atoms with Crippen molar-refractivity contribution in [2.45, 2.75) is 13.5 Å². The number of nitrogens with one attached hydrogen (secondary N) is 1. The molecule has 5 heteroatoms. The zero-order valence-electron chi connectivity index (χ0n) is 10.9. The number of aliphatic hydroxyl groups excluding tert-OH is 1. The van der Waals surface area contributed by atoms with Crippen LogP contribution in [0.5, 0.6) is 11.5 Å². The molecule has 0 bridgehead atoms. The van der Waals surface area contributed by atoms with Gasteiger partial charge in [0, 0.05) is 6.92 Å². The second-order valence-corrected chi connectivity index (χ2v) is 4.61. The predicted molar refractivity (Wildman–Crippen MR) is 78.2 cm³/mol. The number of carbonyl (C=O) groups is 1. The van der Waals surface area contributed by atoms with Gasteiger partial charge in [-0.15, -0.1) is 0 Å². The number of amides is 1. The van der Waals surface area contributed by atoms with Crippen LogP contribution in [-0.4, -0.2) is 11.0 Å². The summed E-state index contributed by atoms with van der Waals surface area (Å²) in [6.45, 7) is 1.35. The van der Waals surface area contributed by atoms with E-state index in [4.69, 9.17) is 21.4 Å². The number of para-hydroxylation sites is 2. The molecule has 1 amide bonds. The first-order valence-corrected chi connectivity index (χ1v) is 6.41. The fourth-order valence-electron chi connectivity index (χ4n) is 1.69. The van der Waals surface area contributed by atoms with Crippen LogP contribution >= 0.6 is 11.6 Å². The Morgan fingerprint density at radius 1 is 1.25 bits per heavy atom. The van der Waals surface area contributed by atoms with E-state index in [0.717, 1.165) is 0 Å². The summed E-state index contributed by atoms with van der Waals surface area (Å²) in [7, 11) is 0. The molecule has 20 heavy (non-hydrogen) atoms. The lowest BCUT2D eigenvalue weighted by Crippen LogP contribution is -2.06. The van der Waals surface area contributed by atoms with Crippen molar-refractivity contribution in [3.8, 4) is 11.5 Å². The van der Waals surface area contributed by atoms with Crippen LogP contribution in [0.2, 0.25) is 5.02 Å². The third-order valence-electron chi connectivity index (χ3n) is 2.60. The minimum absolute atomic E-state index is 0.0809. The van der Waals surface area contributed by atoms with Crippen LogP contribution in [0.1, 0.15) is 12.5 Å². The maximum absolute atomic E-state index is 11.1. The molecule has 0 saturated carbocycles. The van der Waals surface area contributed by atoms with E-state index in [2.05, 4.69) is 5.32 Å². The lowest BCUT2D eigenvalue weighted by atomic mass is 10.2. The number of carbonyl (C=O) groups excluding carboxylic acids is 1. The Morgan fingerprint density at radius 3 is 2.65 bits per heavy atom. The molecular weight excluding hydrogens is 278 g/mol. The largest absolute Gasteiger partial charge is 0.454 e. The van der Waals surface area contributed by atoms with Gasteiger partial charge >= 0.3 is 0 Å². The highest BCUT2D eigenvalue weighted by molar-refractivity contribution is 6.32. The highest BCUT2D eigenvalue weighted by Crippen LogP contribution is 2.34. The SMILES string of the molecule is CC(=O)Nc1ccccc1Oc1ccc(CO)cc1Cl. The van der Waals surface area contributed by atoms with Crippen molar-refractivity contribution in [1.82, 2.24) is 0 Å². The van der Waals surface area contributed by atoms with E-state index in [1.54, 1.807) is 42.5 Å². The number of ether oxygens (including phenoxy) is 1. The van der Waals surface area contributed by atoms with Crippen molar-refractivity contribution in [1.29, 1.82) is 0 Å². The number of hydrogen-bond donors (Lipinski definition) is 2. The van der Waals surface area contributed by atoms with Gasteiger partial charge in [0.25, 0.3) is 0 Å². The fourth-order valence-corrected chi connectivity index (χ4v) is 1.93. The fraction of sp³-hybridized carbons (Fsp3) is 0.133. The molecular formula is C15H14ClNO3. The average molecular weight is 292 g/mol. The summed E-state index contributed by atoms with van der Waals surface area (Å²) in [6, 6.07) is 12.1. The Kier molecular flexibility index (Phi) is 4.61. The first-order chi connectivity index (χ1) is 9.60. The zero-order valence-corrected chi connectivity index (χ0v) is 11.6. The number of hydrogen-bond acceptors (Lipinski definition) is 3. The molecule has 0 aromatic heterocycles. The van der Waals surface area contributed by atoms with Crippen LogP contribution in [0.3, 0.4) is 0 Å². The molecule has 0 saturated heterocycles. The van der Waals surface area contributed by atoms with E-state index in [1.165, 1.54) is 6.92 Å². The number of benzene rings is 2. The van der Waals surface area contributed by atoms with Crippen molar-refractivity contribution >= 4 is 23.2 Å². The van der Waals surface area contributed by atoms with Crippen molar-refractivity contribution in [2.75, 3.05) is 5.32 Å². The molecule has 4 nitrogen and oxygen atoms in total. The highest BCUT2D eigenvalue weighted by atomic mass is 35.5. The Balaban J connectivity index is 2.28. The quantitative estimate of drug-likeness (QED) is 0.905. The van der Waals surface area contributed by atoms with Gasteiger partial charge in [0.2, 0.25) is 5.91 Å². The first kappa shape index (κ1) is 14.4. The summed E-state index contributed by atoms with van der Waals surface area (Å²) < 4.78 is 5.71. The standard InChI is InChI=1S/C15H14ClNO3/c1-10(19)17-13-4-2-3-5-15(13)20-14-7-6-11(9-18)8-12(14)16/h2-8,18H,9H2,1H3,(H,17,19). The lowest BCUT2D eigenvalue weighted by Gasteiger charge is -2.12. The molecule has 0 heterocycles. The highest BCUT2D eigenvalue weighted by Gasteiger charge is 2.08. The van der Waals surface area contributed by atoms with Gasteiger partial charge in [0.1, 0.15) is 5.75 Å². The second kappa shape index (κ2) is 6.41. The molecule has 0 radical (unpaired) electrons. The summed E-state index contributed by atoms with van der Waals surface area (Å²) in [5.41, 5.74) is 1.28. The number of aliphatic hydroxyl groups is 1. The van der Waals surface area contributed by atoms with Crippen LogP contribution in [-0.2, 0) is 11.4 Å². The lowest BCUT2D eigenvalue weighted by molar-refractivity contribution is -0.114. The summed E-state index contributed by atoms with van der Waals surface area (Å²) in [5.74, 6) is 0.783. The zero-order chi connectivity index (χ0) is 14.5. The van der Waals surface area contributed by atoms with Gasteiger partial charge in [0.15, 0.2) is 5.75 Å². The van der Waals surface area contributed by atoms with Gasteiger partial charge in [-0.1, -0.05) is 29.8 Å².